The van der Waals surface area contributed by atoms with E-state index in [0.29, 0.717) is 6.54 Å². The van der Waals surface area contributed by atoms with Crippen LogP contribution in [-0.4, -0.2) is 34.1 Å². The second-order valence-electron chi connectivity index (χ2n) is 6.34. The van der Waals surface area contributed by atoms with E-state index in [2.05, 4.69) is 20.6 Å². The molecule has 1 atom stereocenters. The van der Waals surface area contributed by atoms with Crippen molar-refractivity contribution in [3.63, 3.8) is 0 Å². The van der Waals surface area contributed by atoms with Crippen LogP contribution in [0.1, 0.15) is 12.8 Å². The molecule has 1 saturated heterocycles. The molecule has 0 radical (unpaired) electrons. The molecule has 138 valence electrons. The molecule has 0 saturated carbocycles. The first-order chi connectivity index (χ1) is 13.2. The number of nitro groups is 1. The number of hydrogen-bond acceptors (Lipinski definition) is 7. The van der Waals surface area contributed by atoms with Crippen LogP contribution in [0.3, 0.4) is 0 Å². The zero-order valence-corrected chi connectivity index (χ0v) is 14.6. The highest BCUT2D eigenvalue weighted by Gasteiger charge is 2.25. The summed E-state index contributed by atoms with van der Waals surface area (Å²) in [5, 5.41) is 19.8. The van der Waals surface area contributed by atoms with Crippen molar-refractivity contribution < 1.29 is 9.66 Å². The van der Waals surface area contributed by atoms with Crippen molar-refractivity contribution in [3.05, 3.63) is 58.9 Å². The van der Waals surface area contributed by atoms with Crippen molar-refractivity contribution in [3.8, 4) is 0 Å². The number of anilines is 3. The van der Waals surface area contributed by atoms with E-state index in [4.69, 9.17) is 4.74 Å². The van der Waals surface area contributed by atoms with Gasteiger partial charge in [-0.25, -0.2) is 9.97 Å². The van der Waals surface area contributed by atoms with Gasteiger partial charge in [0.2, 0.25) is 11.6 Å². The fourth-order valence-electron chi connectivity index (χ4n) is 3.25. The molecule has 27 heavy (non-hydrogen) atoms. The van der Waals surface area contributed by atoms with Gasteiger partial charge in [-0.05, 0) is 24.3 Å². The van der Waals surface area contributed by atoms with Crippen molar-refractivity contribution in [2.75, 3.05) is 23.8 Å². The standard InChI is InChI=1S/C19H19N5O3/c25-24(26)17-18(20-11-14-7-4-10-27-14)21-12-22-19(17)23-16-9-3-6-13-5-1-2-8-15(13)16/h1-3,5-6,8-9,12,14H,4,7,10-11H2,(H2,20,21,22,23). The Balaban J connectivity index is 1.65. The fourth-order valence-corrected chi connectivity index (χ4v) is 3.25. The lowest BCUT2D eigenvalue weighted by molar-refractivity contribution is -0.383. The fraction of sp³-hybridized carbons (Fsp3) is 0.263. The lowest BCUT2D eigenvalue weighted by Gasteiger charge is -2.13. The average molecular weight is 365 g/mol. The van der Waals surface area contributed by atoms with Gasteiger partial charge in [0.05, 0.1) is 11.0 Å². The zero-order chi connectivity index (χ0) is 18.6. The molecule has 1 aromatic heterocycles. The summed E-state index contributed by atoms with van der Waals surface area (Å²) in [5.74, 6) is 0.342. The van der Waals surface area contributed by atoms with Crippen LogP contribution in [0.2, 0.25) is 0 Å². The van der Waals surface area contributed by atoms with Gasteiger partial charge < -0.3 is 15.4 Å². The maximum Gasteiger partial charge on any atom is 0.353 e. The molecule has 1 unspecified atom stereocenters. The minimum absolute atomic E-state index is 0.0500. The highest BCUT2D eigenvalue weighted by Crippen LogP contribution is 2.33. The van der Waals surface area contributed by atoms with Crippen LogP contribution >= 0.6 is 0 Å². The van der Waals surface area contributed by atoms with Crippen LogP contribution < -0.4 is 10.6 Å². The van der Waals surface area contributed by atoms with Gasteiger partial charge in [-0.1, -0.05) is 36.4 Å². The third kappa shape index (κ3) is 3.65. The minimum atomic E-state index is -0.467. The molecule has 8 nitrogen and oxygen atoms in total. The van der Waals surface area contributed by atoms with Gasteiger partial charge in [0.25, 0.3) is 0 Å². The topological polar surface area (TPSA) is 102 Å². The Hall–Kier alpha value is -3.26. The van der Waals surface area contributed by atoms with Crippen LogP contribution in [0.25, 0.3) is 10.8 Å². The molecule has 1 fully saturated rings. The summed E-state index contributed by atoms with van der Waals surface area (Å²) in [6.07, 6.45) is 3.31. The lowest BCUT2D eigenvalue weighted by atomic mass is 10.1. The number of aromatic nitrogens is 2. The number of fused-ring (bicyclic) bond motifs is 1. The Labute approximate surface area is 155 Å². The quantitative estimate of drug-likeness (QED) is 0.505. The number of rotatable bonds is 6. The maximum atomic E-state index is 11.7. The Kier molecular flexibility index (Phi) is 4.80. The van der Waals surface area contributed by atoms with Crippen molar-refractivity contribution in [1.29, 1.82) is 0 Å². The molecule has 0 amide bonds. The number of nitrogens with zero attached hydrogens (tertiary/aromatic N) is 3. The molecule has 2 N–H and O–H groups in total. The number of ether oxygens (including phenoxy) is 1. The van der Waals surface area contributed by atoms with Crippen molar-refractivity contribution in [2.45, 2.75) is 18.9 Å². The van der Waals surface area contributed by atoms with Crippen molar-refractivity contribution in [1.82, 2.24) is 9.97 Å². The van der Waals surface area contributed by atoms with E-state index in [1.807, 2.05) is 42.5 Å². The van der Waals surface area contributed by atoms with E-state index in [1.54, 1.807) is 0 Å². The molecule has 3 aromatic rings. The zero-order valence-electron chi connectivity index (χ0n) is 14.6. The number of benzene rings is 2. The van der Waals surface area contributed by atoms with E-state index >= 15 is 0 Å². The third-order valence-electron chi connectivity index (χ3n) is 4.57. The predicted octanol–water partition coefficient (Wildman–Crippen LogP) is 3.87. The van der Waals surface area contributed by atoms with Gasteiger partial charge >= 0.3 is 5.69 Å². The van der Waals surface area contributed by atoms with Gasteiger partial charge in [-0.2, -0.15) is 0 Å². The summed E-state index contributed by atoms with van der Waals surface area (Å²) in [6.45, 7) is 1.21. The van der Waals surface area contributed by atoms with Gasteiger partial charge in [0.15, 0.2) is 0 Å². The molecule has 0 spiro atoms. The van der Waals surface area contributed by atoms with Gasteiger partial charge in [0.1, 0.15) is 6.33 Å². The Morgan fingerprint density at radius 1 is 1.15 bits per heavy atom. The average Bonchev–Trinajstić information content (AvgIpc) is 3.20. The van der Waals surface area contributed by atoms with Crippen molar-refractivity contribution >= 4 is 33.8 Å². The van der Waals surface area contributed by atoms with Gasteiger partial charge in [-0.15, -0.1) is 0 Å². The largest absolute Gasteiger partial charge is 0.376 e. The molecule has 0 aliphatic carbocycles. The van der Waals surface area contributed by atoms with E-state index in [-0.39, 0.29) is 23.4 Å². The summed E-state index contributed by atoms with van der Waals surface area (Å²) < 4.78 is 5.56. The van der Waals surface area contributed by atoms with Crippen LogP contribution in [0.5, 0.6) is 0 Å². The summed E-state index contributed by atoms with van der Waals surface area (Å²) in [7, 11) is 0. The third-order valence-corrected chi connectivity index (χ3v) is 4.57. The highest BCUT2D eigenvalue weighted by molar-refractivity contribution is 5.96. The summed E-state index contributed by atoms with van der Waals surface area (Å²) in [4.78, 5) is 19.4. The minimum Gasteiger partial charge on any atom is -0.376 e. The normalized spacial score (nSPS) is 16.4. The summed E-state index contributed by atoms with van der Waals surface area (Å²) >= 11 is 0. The second kappa shape index (κ2) is 7.55. The molecular weight excluding hydrogens is 346 g/mol. The maximum absolute atomic E-state index is 11.7. The monoisotopic (exact) mass is 365 g/mol. The molecule has 1 aliphatic rings. The molecule has 0 bridgehead atoms. The lowest BCUT2D eigenvalue weighted by Crippen LogP contribution is -2.20. The molecular formula is C19H19N5O3. The van der Waals surface area contributed by atoms with E-state index < -0.39 is 4.92 Å². The second-order valence-corrected chi connectivity index (χ2v) is 6.34. The van der Waals surface area contributed by atoms with Gasteiger partial charge in [0, 0.05) is 24.2 Å². The summed E-state index contributed by atoms with van der Waals surface area (Å²) in [6, 6.07) is 13.6. The Morgan fingerprint density at radius 3 is 2.78 bits per heavy atom. The van der Waals surface area contributed by atoms with Crippen LogP contribution in [0.4, 0.5) is 23.0 Å². The van der Waals surface area contributed by atoms with Gasteiger partial charge in [-0.3, -0.25) is 10.1 Å². The first-order valence-electron chi connectivity index (χ1n) is 8.82. The SMILES string of the molecule is O=[N+]([O-])c1c(NCC2CCCO2)ncnc1Nc1cccc2ccccc12. The first-order valence-corrected chi connectivity index (χ1v) is 8.82. The Bertz CT molecular complexity index is 967. The molecule has 1 aliphatic heterocycles. The molecule has 4 rings (SSSR count). The van der Waals surface area contributed by atoms with E-state index in [1.165, 1.54) is 6.33 Å². The van der Waals surface area contributed by atoms with Crippen LogP contribution in [0.15, 0.2) is 48.8 Å². The highest BCUT2D eigenvalue weighted by atomic mass is 16.6. The smallest absolute Gasteiger partial charge is 0.353 e. The van der Waals surface area contributed by atoms with E-state index in [9.17, 15) is 10.1 Å². The van der Waals surface area contributed by atoms with E-state index in [0.717, 1.165) is 35.9 Å². The molecule has 2 heterocycles. The Morgan fingerprint density at radius 2 is 1.96 bits per heavy atom. The molecule has 8 heteroatoms. The summed E-state index contributed by atoms with van der Waals surface area (Å²) in [5.41, 5.74) is 0.573. The van der Waals surface area contributed by atoms with Crippen LogP contribution in [0, 0.1) is 10.1 Å². The first kappa shape index (κ1) is 17.2. The van der Waals surface area contributed by atoms with Crippen LogP contribution in [-0.2, 0) is 4.74 Å². The number of hydrogen-bond donors (Lipinski definition) is 2. The predicted molar refractivity (Wildman–Crippen MR) is 103 cm³/mol. The van der Waals surface area contributed by atoms with Crippen molar-refractivity contribution in [2.24, 2.45) is 0 Å². The molecule has 2 aromatic carbocycles. The number of nitrogens with one attached hydrogen (secondary N) is 2.